The molecular formula is C6H9N3O2. The number of amides is 1. The van der Waals surface area contributed by atoms with E-state index in [1.54, 1.807) is 4.90 Å². The number of likely N-dealkylation sites (tertiary alicyclic amines) is 1. The van der Waals surface area contributed by atoms with E-state index >= 15 is 0 Å². The van der Waals surface area contributed by atoms with Gasteiger partial charge in [0.15, 0.2) is 6.19 Å². The van der Waals surface area contributed by atoms with Crippen LogP contribution in [0.25, 0.3) is 0 Å². The normalized spacial score (nSPS) is 22.8. The van der Waals surface area contributed by atoms with Crippen LogP contribution in [0.4, 0.5) is 4.79 Å². The minimum absolute atomic E-state index is 0.0767. The fourth-order valence-electron chi connectivity index (χ4n) is 1.14. The molecule has 5 heteroatoms. The SMILES string of the molecule is N#CN1CCC(NC(=O)O)C1. The van der Waals surface area contributed by atoms with Gasteiger partial charge in [0.2, 0.25) is 0 Å². The van der Waals surface area contributed by atoms with E-state index in [4.69, 9.17) is 10.4 Å². The lowest BCUT2D eigenvalue weighted by molar-refractivity contribution is 0.190. The zero-order valence-electron chi connectivity index (χ0n) is 5.95. The van der Waals surface area contributed by atoms with Crippen molar-refractivity contribution in [2.45, 2.75) is 12.5 Å². The number of nitrogens with one attached hydrogen (secondary N) is 1. The highest BCUT2D eigenvalue weighted by Crippen LogP contribution is 2.06. The molecule has 0 aromatic heterocycles. The Bertz CT molecular complexity index is 198. The van der Waals surface area contributed by atoms with Gasteiger partial charge < -0.3 is 15.3 Å². The molecule has 1 amide bonds. The van der Waals surface area contributed by atoms with Crippen LogP contribution in [0.2, 0.25) is 0 Å². The van der Waals surface area contributed by atoms with Crippen molar-refractivity contribution in [3.63, 3.8) is 0 Å². The Balaban J connectivity index is 2.31. The number of nitrogens with zero attached hydrogens (tertiary/aromatic N) is 2. The van der Waals surface area contributed by atoms with Crippen LogP contribution in [0.5, 0.6) is 0 Å². The summed E-state index contributed by atoms with van der Waals surface area (Å²) in [4.78, 5) is 11.7. The molecular weight excluding hydrogens is 146 g/mol. The lowest BCUT2D eigenvalue weighted by atomic mass is 10.3. The maximum absolute atomic E-state index is 10.1. The van der Waals surface area contributed by atoms with Gasteiger partial charge in [0.05, 0.1) is 6.04 Å². The van der Waals surface area contributed by atoms with Gasteiger partial charge in [0.25, 0.3) is 0 Å². The Labute approximate surface area is 64.2 Å². The molecule has 1 aliphatic rings. The Morgan fingerprint density at radius 2 is 2.55 bits per heavy atom. The smallest absolute Gasteiger partial charge is 0.404 e. The van der Waals surface area contributed by atoms with Crippen molar-refractivity contribution < 1.29 is 9.90 Å². The summed E-state index contributed by atoms with van der Waals surface area (Å²) in [7, 11) is 0. The summed E-state index contributed by atoms with van der Waals surface area (Å²) < 4.78 is 0. The van der Waals surface area contributed by atoms with Crippen molar-refractivity contribution in [2.24, 2.45) is 0 Å². The summed E-state index contributed by atoms with van der Waals surface area (Å²) >= 11 is 0. The van der Waals surface area contributed by atoms with Gasteiger partial charge in [-0.25, -0.2) is 4.79 Å². The first-order valence-electron chi connectivity index (χ1n) is 3.36. The van der Waals surface area contributed by atoms with Crippen molar-refractivity contribution in [2.75, 3.05) is 13.1 Å². The molecule has 5 nitrogen and oxygen atoms in total. The first-order chi connectivity index (χ1) is 5.22. The zero-order valence-corrected chi connectivity index (χ0v) is 5.95. The highest BCUT2D eigenvalue weighted by Gasteiger charge is 2.22. The van der Waals surface area contributed by atoms with Gasteiger partial charge in [0, 0.05) is 13.1 Å². The van der Waals surface area contributed by atoms with Crippen molar-refractivity contribution >= 4 is 6.09 Å². The molecule has 0 bridgehead atoms. The second-order valence-electron chi connectivity index (χ2n) is 2.48. The van der Waals surface area contributed by atoms with E-state index in [-0.39, 0.29) is 6.04 Å². The van der Waals surface area contributed by atoms with Crippen LogP contribution in [0, 0.1) is 11.5 Å². The van der Waals surface area contributed by atoms with Crippen LogP contribution >= 0.6 is 0 Å². The monoisotopic (exact) mass is 155 g/mol. The van der Waals surface area contributed by atoms with Gasteiger partial charge in [0.1, 0.15) is 0 Å². The Morgan fingerprint density at radius 3 is 3.00 bits per heavy atom. The first kappa shape index (κ1) is 7.66. The average Bonchev–Trinajstić information content (AvgIpc) is 2.34. The number of carboxylic acid groups (broad SMARTS) is 1. The highest BCUT2D eigenvalue weighted by atomic mass is 16.4. The molecule has 1 atom stereocenters. The standard InChI is InChI=1S/C6H9N3O2/c7-4-9-2-1-5(3-9)8-6(10)11/h5,8H,1-3H2,(H,10,11). The van der Waals surface area contributed by atoms with Crippen molar-refractivity contribution in [3.8, 4) is 6.19 Å². The quantitative estimate of drug-likeness (QED) is 0.514. The lowest BCUT2D eigenvalue weighted by Gasteiger charge is -2.08. The zero-order chi connectivity index (χ0) is 8.27. The third-order valence-electron chi connectivity index (χ3n) is 1.66. The van der Waals surface area contributed by atoms with Gasteiger partial charge in [-0.15, -0.1) is 0 Å². The molecule has 1 rings (SSSR count). The molecule has 1 aliphatic heterocycles. The third-order valence-corrected chi connectivity index (χ3v) is 1.66. The molecule has 0 spiro atoms. The van der Waals surface area contributed by atoms with Gasteiger partial charge in [-0.3, -0.25) is 0 Å². The predicted molar refractivity (Wildman–Crippen MR) is 36.8 cm³/mol. The molecule has 1 heterocycles. The van der Waals surface area contributed by atoms with E-state index in [9.17, 15) is 4.79 Å². The molecule has 0 radical (unpaired) electrons. The molecule has 0 saturated carbocycles. The Hall–Kier alpha value is -1.44. The second-order valence-corrected chi connectivity index (χ2v) is 2.48. The van der Waals surface area contributed by atoms with Gasteiger partial charge in [-0.1, -0.05) is 0 Å². The molecule has 1 fully saturated rings. The van der Waals surface area contributed by atoms with Crippen molar-refractivity contribution in [1.82, 2.24) is 10.2 Å². The largest absolute Gasteiger partial charge is 0.465 e. The van der Waals surface area contributed by atoms with E-state index in [0.717, 1.165) is 6.42 Å². The van der Waals surface area contributed by atoms with Gasteiger partial charge in [-0.2, -0.15) is 5.26 Å². The summed E-state index contributed by atoms with van der Waals surface area (Å²) in [6, 6.07) is -0.0767. The van der Waals surface area contributed by atoms with Gasteiger partial charge >= 0.3 is 6.09 Å². The van der Waals surface area contributed by atoms with Crippen molar-refractivity contribution in [1.29, 1.82) is 5.26 Å². The first-order valence-corrected chi connectivity index (χ1v) is 3.36. The summed E-state index contributed by atoms with van der Waals surface area (Å²) in [5.74, 6) is 0. The van der Waals surface area contributed by atoms with Crippen LogP contribution in [0.1, 0.15) is 6.42 Å². The number of hydrogen-bond acceptors (Lipinski definition) is 3. The highest BCUT2D eigenvalue weighted by molar-refractivity contribution is 5.64. The van der Waals surface area contributed by atoms with Gasteiger partial charge in [-0.05, 0) is 6.42 Å². The van der Waals surface area contributed by atoms with Crippen LogP contribution < -0.4 is 5.32 Å². The van der Waals surface area contributed by atoms with Crippen LogP contribution in [0.15, 0.2) is 0 Å². The topological polar surface area (TPSA) is 76.4 Å². The van der Waals surface area contributed by atoms with Crippen molar-refractivity contribution in [3.05, 3.63) is 0 Å². The fraction of sp³-hybridized carbons (Fsp3) is 0.667. The predicted octanol–water partition coefficient (Wildman–Crippen LogP) is -0.191. The van der Waals surface area contributed by atoms with Crippen LogP contribution in [-0.2, 0) is 0 Å². The molecule has 11 heavy (non-hydrogen) atoms. The van der Waals surface area contributed by atoms with E-state index in [1.807, 2.05) is 6.19 Å². The van der Waals surface area contributed by atoms with E-state index in [1.165, 1.54) is 0 Å². The number of hydrogen-bond donors (Lipinski definition) is 2. The number of rotatable bonds is 1. The summed E-state index contributed by atoms with van der Waals surface area (Å²) in [5.41, 5.74) is 0. The molecule has 0 aliphatic carbocycles. The maximum atomic E-state index is 10.1. The van der Waals surface area contributed by atoms with Crippen LogP contribution in [0.3, 0.4) is 0 Å². The summed E-state index contributed by atoms with van der Waals surface area (Å²) in [5, 5.41) is 19.1. The van der Waals surface area contributed by atoms with E-state index in [0.29, 0.717) is 13.1 Å². The average molecular weight is 155 g/mol. The molecule has 0 aromatic rings. The molecule has 0 aromatic carbocycles. The van der Waals surface area contributed by atoms with Crippen LogP contribution in [-0.4, -0.2) is 35.2 Å². The molecule has 1 unspecified atom stereocenters. The molecule has 60 valence electrons. The Kier molecular flexibility index (Phi) is 2.16. The molecule has 1 saturated heterocycles. The Morgan fingerprint density at radius 1 is 1.82 bits per heavy atom. The second kappa shape index (κ2) is 3.10. The number of carbonyl (C=O) groups is 1. The minimum Gasteiger partial charge on any atom is -0.465 e. The summed E-state index contributed by atoms with van der Waals surface area (Å²) in [6.07, 6.45) is 1.67. The molecule has 2 N–H and O–H groups in total. The lowest BCUT2D eigenvalue weighted by Crippen LogP contribution is -2.35. The third kappa shape index (κ3) is 2.00. The number of nitriles is 1. The van der Waals surface area contributed by atoms with E-state index in [2.05, 4.69) is 5.32 Å². The maximum Gasteiger partial charge on any atom is 0.404 e. The fourth-order valence-corrected chi connectivity index (χ4v) is 1.14. The summed E-state index contributed by atoms with van der Waals surface area (Å²) in [6.45, 7) is 1.16. The van der Waals surface area contributed by atoms with E-state index < -0.39 is 6.09 Å². The minimum atomic E-state index is -1.02.